The van der Waals surface area contributed by atoms with Crippen LogP contribution in [0.25, 0.3) is 0 Å². The second-order valence-corrected chi connectivity index (χ2v) is 4.80. The van der Waals surface area contributed by atoms with Crippen LogP contribution in [0.15, 0.2) is 16.7 Å². The third-order valence-corrected chi connectivity index (χ3v) is 3.46. The molecule has 2 heterocycles. The molecular formula is C13H20N2O3. The zero-order valence-electron chi connectivity index (χ0n) is 10.7. The van der Waals surface area contributed by atoms with E-state index in [2.05, 4.69) is 17.1 Å². The van der Waals surface area contributed by atoms with E-state index in [4.69, 9.17) is 9.52 Å². The Balaban J connectivity index is 1.77. The molecule has 2 N–H and O–H groups in total. The Bertz CT molecular complexity index is 397. The molecule has 0 bridgehead atoms. The maximum Gasteiger partial charge on any atom is 0.372 e. The van der Waals surface area contributed by atoms with Crippen LogP contribution in [0.4, 0.5) is 0 Å². The molecule has 1 aliphatic rings. The molecule has 1 saturated heterocycles. The average Bonchev–Trinajstić information content (AvgIpc) is 2.99. The molecule has 0 aromatic carbocycles. The molecule has 1 aromatic heterocycles. The highest BCUT2D eigenvalue weighted by atomic mass is 16.4. The number of furan rings is 1. The highest BCUT2D eigenvalue weighted by molar-refractivity contribution is 5.86. The maximum absolute atomic E-state index is 10.9. The van der Waals surface area contributed by atoms with E-state index < -0.39 is 5.97 Å². The van der Waals surface area contributed by atoms with Crippen LogP contribution in [0.2, 0.25) is 0 Å². The Kier molecular flexibility index (Phi) is 4.38. The van der Waals surface area contributed by atoms with Crippen molar-refractivity contribution in [2.24, 2.45) is 0 Å². The van der Waals surface area contributed by atoms with Gasteiger partial charge in [-0.05, 0) is 38.9 Å². The van der Waals surface area contributed by atoms with Crippen LogP contribution in [0.3, 0.4) is 0 Å². The first kappa shape index (κ1) is 13.1. The van der Waals surface area contributed by atoms with Gasteiger partial charge in [0.2, 0.25) is 5.76 Å². The molecule has 1 aliphatic heterocycles. The van der Waals surface area contributed by atoms with Gasteiger partial charge in [0.05, 0.1) is 6.26 Å². The molecule has 2 rings (SSSR count). The molecule has 1 fully saturated rings. The molecule has 1 aromatic rings. The number of aromatic carboxylic acids is 1. The number of rotatable bonds is 6. The quantitative estimate of drug-likeness (QED) is 0.804. The Hall–Kier alpha value is -1.33. The van der Waals surface area contributed by atoms with Gasteiger partial charge >= 0.3 is 5.97 Å². The van der Waals surface area contributed by atoms with Crippen molar-refractivity contribution in [3.63, 3.8) is 0 Å². The van der Waals surface area contributed by atoms with Gasteiger partial charge in [-0.15, -0.1) is 0 Å². The summed E-state index contributed by atoms with van der Waals surface area (Å²) in [6.45, 7) is 5.95. The molecule has 100 valence electrons. The van der Waals surface area contributed by atoms with E-state index in [0.29, 0.717) is 18.2 Å². The average molecular weight is 252 g/mol. The molecule has 1 unspecified atom stereocenters. The smallest absolute Gasteiger partial charge is 0.372 e. The number of hydrogen-bond donors (Lipinski definition) is 2. The molecule has 1 atom stereocenters. The van der Waals surface area contributed by atoms with Gasteiger partial charge in [0.1, 0.15) is 0 Å². The first-order valence-electron chi connectivity index (χ1n) is 6.43. The van der Waals surface area contributed by atoms with Crippen LogP contribution in [0.1, 0.15) is 35.9 Å². The van der Waals surface area contributed by atoms with E-state index >= 15 is 0 Å². The first-order valence-corrected chi connectivity index (χ1v) is 6.43. The number of nitrogens with zero attached hydrogens (tertiary/aromatic N) is 1. The lowest BCUT2D eigenvalue weighted by atomic mass is 10.2. The Morgan fingerprint density at radius 2 is 2.28 bits per heavy atom. The summed E-state index contributed by atoms with van der Waals surface area (Å²) in [6, 6.07) is 2.20. The second kappa shape index (κ2) is 6.02. The van der Waals surface area contributed by atoms with Gasteiger partial charge in [0, 0.05) is 24.7 Å². The van der Waals surface area contributed by atoms with Crippen LogP contribution in [-0.4, -0.2) is 41.7 Å². The molecule has 0 amide bonds. The largest absolute Gasteiger partial charge is 0.475 e. The van der Waals surface area contributed by atoms with Crippen molar-refractivity contribution >= 4 is 5.97 Å². The van der Waals surface area contributed by atoms with Crippen molar-refractivity contribution in [1.82, 2.24) is 10.2 Å². The topological polar surface area (TPSA) is 65.7 Å². The zero-order valence-corrected chi connectivity index (χ0v) is 10.7. The molecule has 0 spiro atoms. The first-order chi connectivity index (χ1) is 8.68. The Morgan fingerprint density at radius 1 is 1.56 bits per heavy atom. The SMILES string of the molecule is CC(CNCc1ccoc1C(=O)O)N1CCCC1. The highest BCUT2D eigenvalue weighted by Gasteiger charge is 2.18. The predicted octanol–water partition coefficient (Wildman–Crippen LogP) is 1.55. The molecule has 0 radical (unpaired) electrons. The standard InChI is InChI=1S/C13H20N2O3/c1-10(15-5-2-3-6-15)8-14-9-11-4-7-18-12(11)13(16)17/h4,7,10,14H,2-3,5-6,8-9H2,1H3,(H,16,17). The van der Waals surface area contributed by atoms with Crippen molar-refractivity contribution in [1.29, 1.82) is 0 Å². The van der Waals surface area contributed by atoms with Crippen molar-refractivity contribution < 1.29 is 14.3 Å². The van der Waals surface area contributed by atoms with Crippen LogP contribution in [-0.2, 0) is 6.54 Å². The predicted molar refractivity (Wildman–Crippen MR) is 67.6 cm³/mol. The van der Waals surface area contributed by atoms with E-state index in [-0.39, 0.29) is 5.76 Å². The lowest BCUT2D eigenvalue weighted by Crippen LogP contribution is -2.38. The van der Waals surface area contributed by atoms with Crippen LogP contribution in [0, 0.1) is 0 Å². The van der Waals surface area contributed by atoms with Gasteiger partial charge < -0.3 is 14.8 Å². The molecule has 0 saturated carbocycles. The fourth-order valence-corrected chi connectivity index (χ4v) is 2.39. The summed E-state index contributed by atoms with van der Waals surface area (Å²) >= 11 is 0. The number of hydrogen-bond acceptors (Lipinski definition) is 4. The molecule has 5 nitrogen and oxygen atoms in total. The maximum atomic E-state index is 10.9. The normalized spacial score (nSPS) is 18.1. The number of carbonyl (C=O) groups is 1. The third kappa shape index (κ3) is 3.11. The number of likely N-dealkylation sites (tertiary alicyclic amines) is 1. The molecule has 18 heavy (non-hydrogen) atoms. The number of carboxylic acid groups (broad SMARTS) is 1. The van der Waals surface area contributed by atoms with Crippen molar-refractivity contribution in [3.05, 3.63) is 23.7 Å². The minimum atomic E-state index is -1.01. The van der Waals surface area contributed by atoms with E-state index in [9.17, 15) is 4.79 Å². The number of nitrogens with one attached hydrogen (secondary N) is 1. The minimum absolute atomic E-state index is 0.0383. The summed E-state index contributed by atoms with van der Waals surface area (Å²) in [6.07, 6.45) is 3.99. The Morgan fingerprint density at radius 3 is 2.94 bits per heavy atom. The summed E-state index contributed by atoms with van der Waals surface area (Å²) in [7, 11) is 0. The van der Waals surface area contributed by atoms with E-state index in [1.165, 1.54) is 32.2 Å². The van der Waals surface area contributed by atoms with E-state index in [0.717, 1.165) is 6.54 Å². The third-order valence-electron chi connectivity index (χ3n) is 3.46. The zero-order chi connectivity index (χ0) is 13.0. The summed E-state index contributed by atoms with van der Waals surface area (Å²) in [5.74, 6) is -0.972. The van der Waals surface area contributed by atoms with Gasteiger partial charge in [-0.3, -0.25) is 4.90 Å². The van der Waals surface area contributed by atoms with Crippen molar-refractivity contribution in [2.45, 2.75) is 32.4 Å². The van der Waals surface area contributed by atoms with Gasteiger partial charge in [0.15, 0.2) is 0 Å². The van der Waals surface area contributed by atoms with Crippen LogP contribution in [0.5, 0.6) is 0 Å². The van der Waals surface area contributed by atoms with E-state index in [1.54, 1.807) is 6.07 Å². The van der Waals surface area contributed by atoms with Gasteiger partial charge in [-0.25, -0.2) is 4.79 Å². The van der Waals surface area contributed by atoms with Crippen LogP contribution < -0.4 is 5.32 Å². The Labute approximate surface area is 107 Å². The molecule has 0 aliphatic carbocycles. The lowest BCUT2D eigenvalue weighted by molar-refractivity contribution is 0.0660. The summed E-state index contributed by atoms with van der Waals surface area (Å²) in [5.41, 5.74) is 0.705. The second-order valence-electron chi connectivity index (χ2n) is 4.80. The lowest BCUT2D eigenvalue weighted by Gasteiger charge is -2.23. The minimum Gasteiger partial charge on any atom is -0.475 e. The van der Waals surface area contributed by atoms with Gasteiger partial charge in [-0.1, -0.05) is 0 Å². The van der Waals surface area contributed by atoms with Gasteiger partial charge in [-0.2, -0.15) is 0 Å². The summed E-state index contributed by atoms with van der Waals surface area (Å²) in [4.78, 5) is 13.3. The van der Waals surface area contributed by atoms with Crippen molar-refractivity contribution in [2.75, 3.05) is 19.6 Å². The monoisotopic (exact) mass is 252 g/mol. The van der Waals surface area contributed by atoms with Crippen molar-refractivity contribution in [3.8, 4) is 0 Å². The van der Waals surface area contributed by atoms with E-state index in [1.807, 2.05) is 0 Å². The molecule has 5 heteroatoms. The highest BCUT2D eigenvalue weighted by Crippen LogP contribution is 2.12. The summed E-state index contributed by atoms with van der Waals surface area (Å²) in [5, 5.41) is 12.2. The fourth-order valence-electron chi connectivity index (χ4n) is 2.39. The molecular weight excluding hydrogens is 232 g/mol. The summed E-state index contributed by atoms with van der Waals surface area (Å²) < 4.78 is 4.93. The van der Waals surface area contributed by atoms with Crippen LogP contribution >= 0.6 is 0 Å². The number of carboxylic acids is 1. The fraction of sp³-hybridized carbons (Fsp3) is 0.615. The van der Waals surface area contributed by atoms with Gasteiger partial charge in [0.25, 0.3) is 0 Å².